The second kappa shape index (κ2) is 3.38. The molecule has 2 rings (SSSR count). The summed E-state index contributed by atoms with van der Waals surface area (Å²) in [6.07, 6.45) is 1.52. The number of fused-ring (bicyclic) bond motifs is 1. The van der Waals surface area contributed by atoms with Crippen LogP contribution in [0.3, 0.4) is 0 Å². The molecule has 0 bridgehead atoms. The van der Waals surface area contributed by atoms with Crippen LogP contribution in [0.4, 0.5) is 0 Å². The number of halogens is 2. The van der Waals surface area contributed by atoms with Gasteiger partial charge in [-0.15, -0.1) is 0 Å². The molecule has 2 aromatic rings. The van der Waals surface area contributed by atoms with Gasteiger partial charge in [-0.2, -0.15) is 5.10 Å². The first-order valence-electron chi connectivity index (χ1n) is 3.94. The summed E-state index contributed by atoms with van der Waals surface area (Å²) >= 11 is 11.9. The summed E-state index contributed by atoms with van der Waals surface area (Å²) < 4.78 is 1.45. The third-order valence-corrected chi connectivity index (χ3v) is 2.81. The van der Waals surface area contributed by atoms with Gasteiger partial charge in [-0.3, -0.25) is 0 Å². The lowest BCUT2D eigenvalue weighted by Crippen LogP contribution is -1.97. The highest BCUT2D eigenvalue weighted by Crippen LogP contribution is 2.24. The van der Waals surface area contributed by atoms with Gasteiger partial charge in [-0.05, 0) is 6.92 Å². The zero-order valence-corrected chi connectivity index (χ0v) is 8.84. The fourth-order valence-corrected chi connectivity index (χ4v) is 1.60. The van der Waals surface area contributed by atoms with E-state index >= 15 is 0 Å². The lowest BCUT2D eigenvalue weighted by Gasteiger charge is -2.03. The highest BCUT2D eigenvalue weighted by molar-refractivity contribution is 6.34. The van der Waals surface area contributed by atoms with Crippen molar-refractivity contribution in [3.05, 3.63) is 27.6 Å². The average Bonchev–Trinajstić information content (AvgIpc) is 2.57. The van der Waals surface area contributed by atoms with Crippen LogP contribution in [0.5, 0.6) is 0 Å². The fourth-order valence-electron chi connectivity index (χ4n) is 1.17. The maximum absolute atomic E-state index is 9.00. The number of hydrogen-bond acceptors (Lipinski definition) is 3. The Morgan fingerprint density at radius 2 is 2.21 bits per heavy atom. The molecule has 0 unspecified atom stereocenters. The van der Waals surface area contributed by atoms with E-state index in [2.05, 4.69) is 10.1 Å². The monoisotopic (exact) mass is 231 g/mol. The van der Waals surface area contributed by atoms with Gasteiger partial charge in [0, 0.05) is 11.1 Å². The quantitative estimate of drug-likeness (QED) is 0.763. The highest BCUT2D eigenvalue weighted by atomic mass is 35.5. The zero-order valence-electron chi connectivity index (χ0n) is 7.33. The first-order chi connectivity index (χ1) is 6.65. The molecule has 2 aromatic heterocycles. The van der Waals surface area contributed by atoms with E-state index in [1.807, 2.05) is 0 Å². The molecule has 6 heteroatoms. The highest BCUT2D eigenvalue weighted by Gasteiger charge is 2.12. The van der Waals surface area contributed by atoms with Crippen LogP contribution in [0, 0.1) is 6.92 Å². The van der Waals surface area contributed by atoms with E-state index < -0.39 is 0 Å². The van der Waals surface area contributed by atoms with Gasteiger partial charge >= 0.3 is 0 Å². The molecule has 0 aliphatic rings. The minimum absolute atomic E-state index is 0.133. The average molecular weight is 232 g/mol. The first kappa shape index (κ1) is 9.71. The van der Waals surface area contributed by atoms with E-state index in [-0.39, 0.29) is 6.61 Å². The Labute approximate surface area is 90.1 Å². The van der Waals surface area contributed by atoms with Crippen molar-refractivity contribution in [2.45, 2.75) is 13.5 Å². The third kappa shape index (κ3) is 1.27. The zero-order chi connectivity index (χ0) is 10.3. The van der Waals surface area contributed by atoms with Gasteiger partial charge in [0.25, 0.3) is 0 Å². The van der Waals surface area contributed by atoms with E-state index in [0.29, 0.717) is 27.1 Å². The molecule has 0 aromatic carbocycles. The van der Waals surface area contributed by atoms with Crippen molar-refractivity contribution < 1.29 is 5.11 Å². The second-order valence-corrected chi connectivity index (χ2v) is 3.60. The molecule has 0 aliphatic heterocycles. The Morgan fingerprint density at radius 3 is 2.86 bits per heavy atom. The van der Waals surface area contributed by atoms with E-state index in [9.17, 15) is 0 Å². The van der Waals surface area contributed by atoms with Gasteiger partial charge in [0.15, 0.2) is 5.65 Å². The number of aliphatic hydroxyl groups excluding tert-OH is 1. The molecule has 0 saturated heterocycles. The SMILES string of the molecule is Cc1c(Cl)nc2c(CO)cnn2c1Cl. The molecular weight excluding hydrogens is 225 g/mol. The molecule has 74 valence electrons. The molecule has 0 spiro atoms. The van der Waals surface area contributed by atoms with Gasteiger partial charge in [-0.1, -0.05) is 23.2 Å². The van der Waals surface area contributed by atoms with Crippen LogP contribution in [-0.4, -0.2) is 19.7 Å². The fraction of sp³-hybridized carbons (Fsp3) is 0.250. The summed E-state index contributed by atoms with van der Waals surface area (Å²) in [5.74, 6) is 0. The predicted octanol–water partition coefficient (Wildman–Crippen LogP) is 1.84. The lowest BCUT2D eigenvalue weighted by molar-refractivity contribution is 0.283. The van der Waals surface area contributed by atoms with Crippen LogP contribution >= 0.6 is 23.2 Å². The minimum Gasteiger partial charge on any atom is -0.391 e. The Kier molecular flexibility index (Phi) is 2.34. The Hall–Kier alpha value is -0.840. The summed E-state index contributed by atoms with van der Waals surface area (Å²) in [4.78, 5) is 4.09. The summed E-state index contributed by atoms with van der Waals surface area (Å²) in [6, 6.07) is 0. The molecule has 0 aliphatic carbocycles. The van der Waals surface area contributed by atoms with Crippen molar-refractivity contribution in [2.24, 2.45) is 0 Å². The Balaban J connectivity index is 2.86. The molecule has 0 amide bonds. The standard InChI is InChI=1S/C8H7Cl2N3O/c1-4-6(9)12-8-5(3-14)2-11-13(8)7(4)10/h2,14H,3H2,1H3. The molecular formula is C8H7Cl2N3O. The van der Waals surface area contributed by atoms with E-state index in [1.165, 1.54) is 10.7 Å². The van der Waals surface area contributed by atoms with Crippen molar-refractivity contribution in [1.29, 1.82) is 0 Å². The van der Waals surface area contributed by atoms with E-state index in [1.54, 1.807) is 6.92 Å². The van der Waals surface area contributed by atoms with E-state index in [0.717, 1.165) is 0 Å². The van der Waals surface area contributed by atoms with Crippen molar-refractivity contribution in [1.82, 2.24) is 14.6 Å². The number of rotatable bonds is 1. The van der Waals surface area contributed by atoms with Crippen molar-refractivity contribution in [3.63, 3.8) is 0 Å². The Morgan fingerprint density at radius 1 is 1.50 bits per heavy atom. The summed E-state index contributed by atoms with van der Waals surface area (Å²) in [7, 11) is 0. The maximum Gasteiger partial charge on any atom is 0.163 e. The second-order valence-electron chi connectivity index (χ2n) is 2.88. The number of nitrogens with zero attached hydrogens (tertiary/aromatic N) is 3. The van der Waals surface area contributed by atoms with Gasteiger partial charge in [0.1, 0.15) is 10.3 Å². The largest absolute Gasteiger partial charge is 0.391 e. The lowest BCUT2D eigenvalue weighted by atomic mass is 10.3. The number of aromatic nitrogens is 3. The maximum atomic E-state index is 9.00. The molecule has 0 saturated carbocycles. The summed E-state index contributed by atoms with van der Waals surface area (Å²) in [6.45, 7) is 1.63. The van der Waals surface area contributed by atoms with Gasteiger partial charge in [0.2, 0.25) is 0 Å². The molecule has 0 radical (unpaired) electrons. The molecule has 0 atom stereocenters. The predicted molar refractivity (Wildman–Crippen MR) is 53.7 cm³/mol. The summed E-state index contributed by atoms with van der Waals surface area (Å²) in [5, 5.41) is 13.7. The van der Waals surface area contributed by atoms with Gasteiger partial charge in [0.05, 0.1) is 12.8 Å². The van der Waals surface area contributed by atoms with Crippen LogP contribution < -0.4 is 0 Å². The molecule has 2 heterocycles. The third-order valence-electron chi connectivity index (χ3n) is 2.00. The van der Waals surface area contributed by atoms with Crippen molar-refractivity contribution >= 4 is 28.8 Å². The smallest absolute Gasteiger partial charge is 0.163 e. The van der Waals surface area contributed by atoms with Crippen LogP contribution in [0.25, 0.3) is 5.65 Å². The summed E-state index contributed by atoms with van der Waals surface area (Å²) in [5.41, 5.74) is 1.77. The van der Waals surface area contributed by atoms with Gasteiger partial charge in [-0.25, -0.2) is 9.50 Å². The molecule has 1 N–H and O–H groups in total. The van der Waals surface area contributed by atoms with Crippen molar-refractivity contribution in [2.75, 3.05) is 0 Å². The topological polar surface area (TPSA) is 50.4 Å². The van der Waals surface area contributed by atoms with Crippen molar-refractivity contribution in [3.8, 4) is 0 Å². The van der Waals surface area contributed by atoms with E-state index in [4.69, 9.17) is 28.3 Å². The van der Waals surface area contributed by atoms with Crippen LogP contribution in [0.2, 0.25) is 10.3 Å². The molecule has 0 fully saturated rings. The van der Waals surface area contributed by atoms with Gasteiger partial charge < -0.3 is 5.11 Å². The minimum atomic E-state index is -0.133. The van der Waals surface area contributed by atoms with Crippen LogP contribution in [0.15, 0.2) is 6.20 Å². The number of aliphatic hydroxyl groups is 1. The van der Waals surface area contributed by atoms with Crippen LogP contribution in [-0.2, 0) is 6.61 Å². The van der Waals surface area contributed by atoms with Crippen LogP contribution in [0.1, 0.15) is 11.1 Å². The molecule has 14 heavy (non-hydrogen) atoms. The number of hydrogen-bond donors (Lipinski definition) is 1. The Bertz CT molecular complexity index is 495. The first-order valence-corrected chi connectivity index (χ1v) is 4.69. The molecule has 4 nitrogen and oxygen atoms in total. The normalized spacial score (nSPS) is 11.1.